The summed E-state index contributed by atoms with van der Waals surface area (Å²) in [6, 6.07) is 31.1. The molecule has 47 heavy (non-hydrogen) atoms. The number of aromatic carboxylic acids is 4. The van der Waals surface area contributed by atoms with Gasteiger partial charge in [-0.1, -0.05) is 48.5 Å². The van der Waals surface area contributed by atoms with E-state index in [9.17, 15) is 39.6 Å². The van der Waals surface area contributed by atoms with E-state index >= 15 is 0 Å². The van der Waals surface area contributed by atoms with Crippen LogP contribution < -0.4 is 0 Å². The van der Waals surface area contributed by atoms with Crippen LogP contribution in [0.1, 0.15) is 41.4 Å². The highest BCUT2D eigenvalue weighted by molar-refractivity contribution is 5.92. The highest BCUT2D eigenvalue weighted by Gasteiger charge is 2.18. The van der Waals surface area contributed by atoms with Gasteiger partial charge in [-0.15, -0.1) is 0 Å². The number of aromatic amines is 1. The molecule has 0 bridgehead atoms. The van der Waals surface area contributed by atoms with Crippen LogP contribution in [-0.2, 0) is 0 Å². The van der Waals surface area contributed by atoms with Crippen LogP contribution in [0.3, 0.4) is 0 Å². The van der Waals surface area contributed by atoms with E-state index in [1.165, 1.54) is 48.5 Å². The molecule has 5 aromatic carbocycles. The van der Waals surface area contributed by atoms with E-state index in [4.69, 9.17) is 4.98 Å². The number of hydrogen-bond donors (Lipinski definition) is 5. The average Bonchev–Trinajstić information content (AvgIpc) is 3.54. The molecule has 0 atom stereocenters. The molecule has 10 heteroatoms. The second kappa shape index (κ2) is 12.3. The smallest absolute Gasteiger partial charge is 0.335 e. The van der Waals surface area contributed by atoms with Crippen molar-refractivity contribution in [3.8, 4) is 56.2 Å². The minimum absolute atomic E-state index is 0.108. The maximum Gasteiger partial charge on any atom is 0.335 e. The second-order valence-electron chi connectivity index (χ2n) is 10.6. The highest BCUT2D eigenvalue weighted by Crippen LogP contribution is 2.37. The lowest BCUT2D eigenvalue weighted by atomic mass is 9.95. The van der Waals surface area contributed by atoms with Gasteiger partial charge in [-0.3, -0.25) is 0 Å². The van der Waals surface area contributed by atoms with Crippen LogP contribution in [0.2, 0.25) is 0 Å². The Morgan fingerprint density at radius 2 is 0.723 bits per heavy atom. The number of nitrogens with one attached hydrogen (secondary N) is 1. The lowest BCUT2D eigenvalue weighted by Gasteiger charge is -2.10. The molecule has 1 heterocycles. The first-order valence-electron chi connectivity index (χ1n) is 14.2. The fourth-order valence-corrected chi connectivity index (χ4v) is 5.19. The first-order chi connectivity index (χ1) is 22.6. The minimum Gasteiger partial charge on any atom is -0.478 e. The minimum atomic E-state index is -1.07. The molecule has 5 N–H and O–H groups in total. The van der Waals surface area contributed by atoms with Gasteiger partial charge in [0, 0.05) is 16.7 Å². The molecule has 0 radical (unpaired) electrons. The summed E-state index contributed by atoms with van der Waals surface area (Å²) in [4.78, 5) is 54.2. The molecular weight excluding hydrogens is 600 g/mol. The maximum atomic E-state index is 11.5. The summed E-state index contributed by atoms with van der Waals surface area (Å²) in [6.07, 6.45) is 0. The monoisotopic (exact) mass is 624 g/mol. The Morgan fingerprint density at radius 1 is 0.404 bits per heavy atom. The van der Waals surface area contributed by atoms with Crippen LogP contribution in [0.4, 0.5) is 0 Å². The Morgan fingerprint density at radius 3 is 1.09 bits per heavy atom. The summed E-state index contributed by atoms with van der Waals surface area (Å²) >= 11 is 0. The van der Waals surface area contributed by atoms with Crippen LogP contribution in [-0.4, -0.2) is 54.3 Å². The largest absolute Gasteiger partial charge is 0.478 e. The van der Waals surface area contributed by atoms with Gasteiger partial charge in [-0.2, -0.15) is 0 Å². The zero-order valence-electron chi connectivity index (χ0n) is 24.3. The number of aromatic nitrogens is 2. The van der Waals surface area contributed by atoms with Crippen LogP contribution >= 0.6 is 0 Å². The van der Waals surface area contributed by atoms with Gasteiger partial charge in [-0.05, 0) is 89.0 Å². The fraction of sp³-hybridized carbons (Fsp3) is 0. The van der Waals surface area contributed by atoms with E-state index < -0.39 is 23.9 Å². The molecule has 0 aliphatic carbocycles. The van der Waals surface area contributed by atoms with Crippen LogP contribution in [0.15, 0.2) is 115 Å². The van der Waals surface area contributed by atoms with Crippen molar-refractivity contribution in [2.45, 2.75) is 0 Å². The van der Waals surface area contributed by atoms with Crippen molar-refractivity contribution in [3.63, 3.8) is 0 Å². The van der Waals surface area contributed by atoms with Crippen molar-refractivity contribution in [3.05, 3.63) is 138 Å². The normalized spacial score (nSPS) is 10.8. The van der Waals surface area contributed by atoms with Gasteiger partial charge >= 0.3 is 23.9 Å². The Balaban J connectivity index is 1.53. The Hall–Kier alpha value is -6.81. The first kappa shape index (κ1) is 30.2. The van der Waals surface area contributed by atoms with Crippen LogP contribution in [0.25, 0.3) is 56.2 Å². The van der Waals surface area contributed by atoms with Gasteiger partial charge in [0.1, 0.15) is 5.82 Å². The van der Waals surface area contributed by atoms with E-state index in [2.05, 4.69) is 4.98 Å². The topological polar surface area (TPSA) is 178 Å². The van der Waals surface area contributed by atoms with Gasteiger partial charge in [-0.25, -0.2) is 24.2 Å². The third kappa shape index (κ3) is 6.24. The number of imidazole rings is 1. The van der Waals surface area contributed by atoms with Crippen molar-refractivity contribution in [1.29, 1.82) is 0 Å². The summed E-state index contributed by atoms with van der Waals surface area (Å²) in [6.45, 7) is 0. The second-order valence-corrected chi connectivity index (χ2v) is 10.6. The molecular formula is C37H24N2O8. The summed E-state index contributed by atoms with van der Waals surface area (Å²) in [5.41, 5.74) is 6.46. The summed E-state index contributed by atoms with van der Waals surface area (Å²) in [5.74, 6) is -3.78. The van der Waals surface area contributed by atoms with Crippen LogP contribution in [0.5, 0.6) is 0 Å². The SMILES string of the molecule is O=C(O)c1ccc(-c2cc(-c3ccc(C(=O)O)cc3)cc(-c3nc(-c4ccc(C(=O)O)cc4)c(-c4ccc(C(=O)O)cc4)[nH]3)c2)cc1. The number of carboxylic acids is 4. The van der Waals surface area contributed by atoms with Crippen molar-refractivity contribution in [2.24, 2.45) is 0 Å². The molecule has 0 unspecified atom stereocenters. The van der Waals surface area contributed by atoms with E-state index in [1.807, 2.05) is 18.2 Å². The van der Waals surface area contributed by atoms with Gasteiger partial charge in [0.05, 0.1) is 33.6 Å². The molecule has 0 saturated carbocycles. The summed E-state index contributed by atoms with van der Waals surface area (Å²) < 4.78 is 0. The van der Waals surface area contributed by atoms with Gasteiger partial charge in [0.25, 0.3) is 0 Å². The number of carboxylic acid groups (broad SMARTS) is 4. The molecule has 0 saturated heterocycles. The molecule has 0 amide bonds. The number of H-pyrrole nitrogens is 1. The van der Waals surface area contributed by atoms with Crippen molar-refractivity contribution in [2.75, 3.05) is 0 Å². The quantitative estimate of drug-likeness (QED) is 0.109. The number of nitrogens with zero attached hydrogens (tertiary/aromatic N) is 1. The number of benzene rings is 5. The molecule has 1 aromatic heterocycles. The van der Waals surface area contributed by atoms with Gasteiger partial charge in [0.2, 0.25) is 0 Å². The van der Waals surface area contributed by atoms with Crippen molar-refractivity contribution < 1.29 is 39.6 Å². The van der Waals surface area contributed by atoms with Crippen molar-refractivity contribution in [1.82, 2.24) is 9.97 Å². The fourth-order valence-electron chi connectivity index (χ4n) is 5.19. The zero-order chi connectivity index (χ0) is 33.2. The lowest BCUT2D eigenvalue weighted by Crippen LogP contribution is -1.96. The molecule has 0 aliphatic rings. The van der Waals surface area contributed by atoms with Crippen LogP contribution in [0, 0.1) is 0 Å². The first-order valence-corrected chi connectivity index (χ1v) is 14.2. The zero-order valence-corrected chi connectivity index (χ0v) is 24.3. The predicted octanol–water partition coefficient (Wildman–Crippen LogP) is 7.54. The number of hydrogen-bond acceptors (Lipinski definition) is 5. The number of carbonyl (C=O) groups is 4. The Labute approximate surface area is 266 Å². The van der Waals surface area contributed by atoms with E-state index in [0.29, 0.717) is 33.9 Å². The molecule has 0 fully saturated rings. The van der Waals surface area contributed by atoms with Crippen molar-refractivity contribution >= 4 is 23.9 Å². The molecule has 10 nitrogen and oxygen atoms in total. The van der Waals surface area contributed by atoms with E-state index in [1.54, 1.807) is 48.5 Å². The summed E-state index contributed by atoms with van der Waals surface area (Å²) in [7, 11) is 0. The third-order valence-corrected chi connectivity index (χ3v) is 7.67. The molecule has 0 aliphatic heterocycles. The maximum absolute atomic E-state index is 11.5. The van der Waals surface area contributed by atoms with E-state index in [-0.39, 0.29) is 22.3 Å². The lowest BCUT2D eigenvalue weighted by molar-refractivity contribution is 0.0686. The third-order valence-electron chi connectivity index (χ3n) is 7.67. The summed E-state index contributed by atoms with van der Waals surface area (Å²) in [5, 5.41) is 37.6. The Kier molecular flexibility index (Phi) is 7.91. The van der Waals surface area contributed by atoms with Gasteiger partial charge < -0.3 is 25.4 Å². The predicted molar refractivity (Wildman–Crippen MR) is 174 cm³/mol. The van der Waals surface area contributed by atoms with E-state index in [0.717, 1.165) is 22.3 Å². The highest BCUT2D eigenvalue weighted by atomic mass is 16.4. The molecule has 0 spiro atoms. The molecule has 6 rings (SSSR count). The molecule has 230 valence electrons. The van der Waals surface area contributed by atoms with Gasteiger partial charge in [0.15, 0.2) is 0 Å². The average molecular weight is 625 g/mol. The Bertz CT molecular complexity index is 2010. The number of rotatable bonds is 9. The molecule has 6 aromatic rings. The standard InChI is InChI=1S/C37H24N2O8/c40-34(41)24-9-1-20(2-10-24)28-17-29(21-3-11-25(12-4-21)35(42)43)19-30(18-28)33-38-31(22-5-13-26(14-6-22)36(44)45)32(39-33)23-7-15-27(16-8-23)37(46)47/h1-19H,(H,38,39)(H,40,41)(H,42,43)(H,44,45)(H,46,47).